The molecule has 1 heterocycles. The van der Waals surface area contributed by atoms with Crippen LogP contribution in [0, 0.1) is 11.8 Å². The van der Waals surface area contributed by atoms with Crippen molar-refractivity contribution in [2.75, 3.05) is 35.7 Å². The maximum atomic E-state index is 6.48. The Hall–Kier alpha value is -2.30. The summed E-state index contributed by atoms with van der Waals surface area (Å²) in [7, 11) is 2.02. The van der Waals surface area contributed by atoms with Crippen LogP contribution in [0.15, 0.2) is 36.7 Å². The zero-order valence-electron chi connectivity index (χ0n) is 16.1. The van der Waals surface area contributed by atoms with Crippen molar-refractivity contribution in [3.05, 3.63) is 42.2 Å². The number of anilines is 3. The second kappa shape index (κ2) is 8.70. The molecular formula is C20H31N5. The van der Waals surface area contributed by atoms with Crippen molar-refractivity contribution in [1.29, 1.82) is 0 Å². The van der Waals surface area contributed by atoms with Crippen molar-refractivity contribution in [2.24, 2.45) is 11.8 Å². The summed E-state index contributed by atoms with van der Waals surface area (Å²) < 4.78 is 0. The zero-order chi connectivity index (χ0) is 18.4. The van der Waals surface area contributed by atoms with Crippen LogP contribution in [-0.4, -0.2) is 30.1 Å². The Morgan fingerprint density at radius 1 is 0.920 bits per heavy atom. The van der Waals surface area contributed by atoms with Gasteiger partial charge >= 0.3 is 0 Å². The molecule has 0 fully saturated rings. The van der Waals surface area contributed by atoms with Crippen LogP contribution in [-0.2, 0) is 6.54 Å². The molecule has 0 atom stereocenters. The Kier molecular flexibility index (Phi) is 6.62. The summed E-state index contributed by atoms with van der Waals surface area (Å²) in [6.07, 6.45) is 1.62. The van der Waals surface area contributed by atoms with Gasteiger partial charge in [-0.15, -0.1) is 0 Å². The SMILES string of the molecule is CC(C)CN(CC(C)C)c1ncnc(N(C)Cc2ccccc2)c1N. The number of hydrogen-bond donors (Lipinski definition) is 1. The molecule has 2 aromatic rings. The number of benzene rings is 1. The van der Waals surface area contributed by atoms with E-state index in [1.165, 1.54) is 5.56 Å². The van der Waals surface area contributed by atoms with Gasteiger partial charge in [0.05, 0.1) is 0 Å². The predicted molar refractivity (Wildman–Crippen MR) is 107 cm³/mol. The van der Waals surface area contributed by atoms with Crippen molar-refractivity contribution in [1.82, 2.24) is 9.97 Å². The van der Waals surface area contributed by atoms with E-state index < -0.39 is 0 Å². The predicted octanol–water partition coefficient (Wildman–Crippen LogP) is 3.81. The van der Waals surface area contributed by atoms with Gasteiger partial charge in [-0.3, -0.25) is 0 Å². The first kappa shape index (κ1) is 19.0. The van der Waals surface area contributed by atoms with E-state index in [0.717, 1.165) is 31.3 Å². The van der Waals surface area contributed by atoms with Gasteiger partial charge in [-0.1, -0.05) is 58.0 Å². The summed E-state index contributed by atoms with van der Waals surface area (Å²) in [6, 6.07) is 10.3. The lowest BCUT2D eigenvalue weighted by atomic mass is 10.1. The largest absolute Gasteiger partial charge is 0.393 e. The van der Waals surface area contributed by atoms with Crippen LogP contribution >= 0.6 is 0 Å². The van der Waals surface area contributed by atoms with Crippen molar-refractivity contribution >= 4 is 17.3 Å². The molecule has 0 bridgehead atoms. The van der Waals surface area contributed by atoms with E-state index in [4.69, 9.17) is 5.73 Å². The molecule has 0 aliphatic carbocycles. The van der Waals surface area contributed by atoms with Crippen LogP contribution in [0.1, 0.15) is 33.3 Å². The summed E-state index contributed by atoms with van der Waals surface area (Å²) in [5.74, 6) is 2.70. The normalized spacial score (nSPS) is 11.2. The molecular weight excluding hydrogens is 310 g/mol. The lowest BCUT2D eigenvalue weighted by Gasteiger charge is -2.30. The first-order chi connectivity index (χ1) is 11.9. The van der Waals surface area contributed by atoms with E-state index >= 15 is 0 Å². The van der Waals surface area contributed by atoms with Gasteiger partial charge in [-0.05, 0) is 17.4 Å². The quantitative estimate of drug-likeness (QED) is 0.791. The van der Waals surface area contributed by atoms with Crippen LogP contribution in [0.4, 0.5) is 17.3 Å². The standard InChI is InChI=1S/C20H31N5/c1-15(2)11-25(12-16(3)4)20-18(21)19(22-14-23-20)24(5)13-17-9-7-6-8-10-17/h6-10,14-16H,11-13,21H2,1-5H3. The third kappa shape index (κ3) is 5.34. The first-order valence-corrected chi connectivity index (χ1v) is 8.99. The fourth-order valence-corrected chi connectivity index (χ4v) is 2.99. The topological polar surface area (TPSA) is 58.3 Å². The molecule has 2 rings (SSSR count). The molecule has 136 valence electrons. The fraction of sp³-hybridized carbons (Fsp3) is 0.500. The van der Waals surface area contributed by atoms with Gasteiger partial charge in [0.15, 0.2) is 11.6 Å². The van der Waals surface area contributed by atoms with Crippen LogP contribution in [0.3, 0.4) is 0 Å². The van der Waals surface area contributed by atoms with Gasteiger partial charge in [-0.2, -0.15) is 0 Å². The second-order valence-electron chi connectivity index (χ2n) is 7.47. The Bertz CT molecular complexity index is 644. The maximum Gasteiger partial charge on any atom is 0.157 e. The highest BCUT2D eigenvalue weighted by Gasteiger charge is 2.19. The van der Waals surface area contributed by atoms with E-state index in [1.807, 2.05) is 25.2 Å². The summed E-state index contributed by atoms with van der Waals surface area (Å²) >= 11 is 0. The molecule has 0 saturated carbocycles. The van der Waals surface area contributed by atoms with Crippen LogP contribution in [0.25, 0.3) is 0 Å². The molecule has 5 heteroatoms. The highest BCUT2D eigenvalue weighted by Crippen LogP contribution is 2.30. The molecule has 2 N–H and O–H groups in total. The molecule has 1 aromatic carbocycles. The van der Waals surface area contributed by atoms with E-state index in [9.17, 15) is 0 Å². The minimum absolute atomic E-state index is 0.540. The van der Waals surface area contributed by atoms with Crippen LogP contribution in [0.5, 0.6) is 0 Å². The Morgan fingerprint density at radius 2 is 1.48 bits per heavy atom. The van der Waals surface area contributed by atoms with Gasteiger partial charge in [-0.25, -0.2) is 9.97 Å². The van der Waals surface area contributed by atoms with Crippen LogP contribution in [0.2, 0.25) is 0 Å². The number of aromatic nitrogens is 2. The Labute approximate surface area is 151 Å². The number of nitrogens with zero attached hydrogens (tertiary/aromatic N) is 4. The average molecular weight is 342 g/mol. The third-order valence-corrected chi connectivity index (χ3v) is 3.94. The third-order valence-electron chi connectivity index (χ3n) is 3.94. The van der Waals surface area contributed by atoms with Gasteiger partial charge in [0, 0.05) is 26.7 Å². The van der Waals surface area contributed by atoms with Crippen molar-refractivity contribution in [3.8, 4) is 0 Å². The molecule has 5 nitrogen and oxygen atoms in total. The number of rotatable bonds is 8. The molecule has 0 aliphatic rings. The number of nitrogen functional groups attached to an aromatic ring is 1. The second-order valence-corrected chi connectivity index (χ2v) is 7.47. The van der Waals surface area contributed by atoms with E-state index in [2.05, 4.69) is 59.6 Å². The zero-order valence-corrected chi connectivity index (χ0v) is 16.1. The first-order valence-electron chi connectivity index (χ1n) is 8.99. The van der Waals surface area contributed by atoms with E-state index in [1.54, 1.807) is 6.33 Å². The fourth-order valence-electron chi connectivity index (χ4n) is 2.99. The van der Waals surface area contributed by atoms with E-state index in [-0.39, 0.29) is 0 Å². The van der Waals surface area contributed by atoms with E-state index in [0.29, 0.717) is 17.5 Å². The van der Waals surface area contributed by atoms with Crippen LogP contribution < -0.4 is 15.5 Å². The van der Waals surface area contributed by atoms with Gasteiger partial charge in [0.25, 0.3) is 0 Å². The average Bonchev–Trinajstić information content (AvgIpc) is 2.54. The molecule has 0 saturated heterocycles. The Morgan fingerprint density at radius 3 is 2.04 bits per heavy atom. The van der Waals surface area contributed by atoms with Gasteiger partial charge in [0.2, 0.25) is 0 Å². The minimum atomic E-state index is 0.540. The van der Waals surface area contributed by atoms with Crippen molar-refractivity contribution in [2.45, 2.75) is 34.2 Å². The smallest absolute Gasteiger partial charge is 0.157 e. The highest BCUT2D eigenvalue weighted by atomic mass is 15.2. The molecule has 0 aliphatic heterocycles. The maximum absolute atomic E-state index is 6.48. The van der Waals surface area contributed by atoms with Gasteiger partial charge in [0.1, 0.15) is 12.0 Å². The molecule has 0 radical (unpaired) electrons. The lowest BCUT2D eigenvalue weighted by molar-refractivity contribution is 0.549. The number of hydrogen-bond acceptors (Lipinski definition) is 5. The molecule has 0 amide bonds. The van der Waals surface area contributed by atoms with Crippen molar-refractivity contribution < 1.29 is 0 Å². The van der Waals surface area contributed by atoms with Crippen molar-refractivity contribution in [3.63, 3.8) is 0 Å². The minimum Gasteiger partial charge on any atom is -0.393 e. The number of nitrogens with two attached hydrogens (primary N) is 1. The lowest BCUT2D eigenvalue weighted by Crippen LogP contribution is -2.33. The molecule has 1 aromatic heterocycles. The highest BCUT2D eigenvalue weighted by molar-refractivity contribution is 5.75. The summed E-state index contributed by atoms with van der Waals surface area (Å²) in [5, 5.41) is 0. The molecule has 25 heavy (non-hydrogen) atoms. The summed E-state index contributed by atoms with van der Waals surface area (Å²) in [6.45, 7) is 11.5. The monoisotopic (exact) mass is 341 g/mol. The molecule has 0 unspecified atom stereocenters. The summed E-state index contributed by atoms with van der Waals surface area (Å²) in [5.41, 5.74) is 8.36. The Balaban J connectivity index is 2.27. The van der Waals surface area contributed by atoms with Gasteiger partial charge < -0.3 is 15.5 Å². The summed E-state index contributed by atoms with van der Waals surface area (Å²) in [4.78, 5) is 13.3. The molecule has 0 spiro atoms.